The number of hydrogen-bond donors (Lipinski definition) is 4. The van der Waals surface area contributed by atoms with Crippen LogP contribution in [0, 0.1) is 0 Å². The lowest BCUT2D eigenvalue weighted by molar-refractivity contribution is -0.122. The highest BCUT2D eigenvalue weighted by Crippen LogP contribution is 2.25. The molecule has 98 valence electrons. The normalized spacial score (nSPS) is 11.8. The Kier molecular flexibility index (Phi) is 5.20. The first-order valence-corrected chi connectivity index (χ1v) is 5.69. The van der Waals surface area contributed by atoms with Crippen molar-refractivity contribution >= 4 is 5.91 Å². The molecule has 5 N–H and O–H groups in total. The first-order valence-electron chi connectivity index (χ1n) is 5.69. The Morgan fingerprint density at radius 1 is 1.44 bits per heavy atom. The Morgan fingerprint density at radius 2 is 2.17 bits per heavy atom. The van der Waals surface area contributed by atoms with Gasteiger partial charge in [0.05, 0.1) is 6.04 Å². The molecule has 0 saturated carbocycles. The Hall–Kier alpha value is -2.01. The number of aromatic hydroxyl groups is 2. The summed E-state index contributed by atoms with van der Waals surface area (Å²) in [5, 5.41) is 21.2. The number of benzene rings is 1. The molecule has 18 heavy (non-hydrogen) atoms. The summed E-state index contributed by atoms with van der Waals surface area (Å²) < 4.78 is 0. The van der Waals surface area contributed by atoms with Crippen LogP contribution in [0.25, 0.3) is 0 Å². The van der Waals surface area contributed by atoms with E-state index in [1.165, 1.54) is 12.1 Å². The second kappa shape index (κ2) is 6.66. The number of carbonyl (C=O) groups is 1. The molecule has 1 rings (SSSR count). The SMILES string of the molecule is C=CCCNC(=O)[C@@H](N)Cc1ccc(O)c(O)c1. The van der Waals surface area contributed by atoms with Gasteiger partial charge in [0.1, 0.15) is 0 Å². The summed E-state index contributed by atoms with van der Waals surface area (Å²) in [6.07, 6.45) is 2.70. The van der Waals surface area contributed by atoms with E-state index in [0.717, 1.165) is 0 Å². The molecular weight excluding hydrogens is 232 g/mol. The zero-order valence-electron chi connectivity index (χ0n) is 10.1. The van der Waals surface area contributed by atoms with Gasteiger partial charge in [-0.2, -0.15) is 0 Å². The monoisotopic (exact) mass is 250 g/mol. The third kappa shape index (κ3) is 4.10. The smallest absolute Gasteiger partial charge is 0.237 e. The van der Waals surface area contributed by atoms with E-state index in [-0.39, 0.29) is 17.4 Å². The molecule has 0 spiro atoms. The summed E-state index contributed by atoms with van der Waals surface area (Å²) in [5.41, 5.74) is 6.43. The number of phenols is 2. The third-order valence-corrected chi connectivity index (χ3v) is 2.48. The minimum Gasteiger partial charge on any atom is -0.504 e. The van der Waals surface area contributed by atoms with Gasteiger partial charge in [-0.15, -0.1) is 6.58 Å². The van der Waals surface area contributed by atoms with Crippen LogP contribution >= 0.6 is 0 Å². The fourth-order valence-electron chi connectivity index (χ4n) is 1.47. The number of carbonyl (C=O) groups excluding carboxylic acids is 1. The van der Waals surface area contributed by atoms with Crippen LogP contribution in [-0.4, -0.2) is 28.7 Å². The molecule has 5 heteroatoms. The molecule has 1 aromatic carbocycles. The van der Waals surface area contributed by atoms with Gasteiger partial charge in [-0.1, -0.05) is 12.1 Å². The fraction of sp³-hybridized carbons (Fsp3) is 0.308. The summed E-state index contributed by atoms with van der Waals surface area (Å²) >= 11 is 0. The maximum absolute atomic E-state index is 11.6. The van der Waals surface area contributed by atoms with Crippen molar-refractivity contribution in [2.45, 2.75) is 18.9 Å². The molecule has 1 amide bonds. The molecule has 0 aliphatic heterocycles. The molecule has 0 bridgehead atoms. The number of hydrogen-bond acceptors (Lipinski definition) is 4. The molecule has 0 aromatic heterocycles. The van der Waals surface area contributed by atoms with E-state index in [4.69, 9.17) is 10.8 Å². The Labute approximate surface area is 106 Å². The fourth-order valence-corrected chi connectivity index (χ4v) is 1.47. The van der Waals surface area contributed by atoms with Gasteiger partial charge in [0.15, 0.2) is 11.5 Å². The Morgan fingerprint density at radius 3 is 2.78 bits per heavy atom. The van der Waals surface area contributed by atoms with Crippen molar-refractivity contribution in [1.82, 2.24) is 5.32 Å². The highest BCUT2D eigenvalue weighted by atomic mass is 16.3. The van der Waals surface area contributed by atoms with E-state index >= 15 is 0 Å². The van der Waals surface area contributed by atoms with Crippen LogP contribution in [0.4, 0.5) is 0 Å². The zero-order chi connectivity index (χ0) is 13.5. The standard InChI is InChI=1S/C13H18N2O3/c1-2-3-6-15-13(18)10(14)7-9-4-5-11(16)12(17)8-9/h2,4-5,8,10,16-17H,1,3,6-7,14H2,(H,15,18)/t10-/m0/s1. The van der Waals surface area contributed by atoms with E-state index in [2.05, 4.69) is 11.9 Å². The van der Waals surface area contributed by atoms with Crippen molar-refractivity contribution in [2.75, 3.05) is 6.54 Å². The predicted octanol–water partition coefficient (Wildman–Crippen LogP) is 0.660. The number of phenolic OH excluding ortho intramolecular Hbond substituents is 2. The number of nitrogens with two attached hydrogens (primary N) is 1. The first kappa shape index (κ1) is 14.1. The summed E-state index contributed by atoms with van der Waals surface area (Å²) in [6.45, 7) is 4.06. The molecule has 0 radical (unpaired) electrons. The van der Waals surface area contributed by atoms with Gasteiger partial charge in [-0.3, -0.25) is 4.79 Å². The Bertz CT molecular complexity index is 432. The van der Waals surface area contributed by atoms with Crippen LogP contribution in [0.1, 0.15) is 12.0 Å². The second-order valence-corrected chi connectivity index (χ2v) is 4.00. The number of nitrogens with one attached hydrogen (secondary N) is 1. The molecule has 1 aromatic rings. The topological polar surface area (TPSA) is 95.6 Å². The molecule has 5 nitrogen and oxygen atoms in total. The van der Waals surface area contributed by atoms with Gasteiger partial charge < -0.3 is 21.3 Å². The van der Waals surface area contributed by atoms with Gasteiger partial charge in [-0.05, 0) is 30.5 Å². The third-order valence-electron chi connectivity index (χ3n) is 2.48. The highest BCUT2D eigenvalue weighted by Gasteiger charge is 2.14. The minimum atomic E-state index is -0.682. The van der Waals surface area contributed by atoms with Crippen molar-refractivity contribution in [1.29, 1.82) is 0 Å². The maximum Gasteiger partial charge on any atom is 0.237 e. The van der Waals surface area contributed by atoms with Crippen molar-refractivity contribution in [2.24, 2.45) is 5.73 Å². The van der Waals surface area contributed by atoms with Crippen LogP contribution in [0.3, 0.4) is 0 Å². The van der Waals surface area contributed by atoms with E-state index in [0.29, 0.717) is 24.9 Å². The maximum atomic E-state index is 11.6. The Balaban J connectivity index is 2.52. The van der Waals surface area contributed by atoms with Crippen molar-refractivity contribution in [3.05, 3.63) is 36.4 Å². The predicted molar refractivity (Wildman–Crippen MR) is 69.3 cm³/mol. The summed E-state index contributed by atoms with van der Waals surface area (Å²) in [7, 11) is 0. The van der Waals surface area contributed by atoms with Crippen molar-refractivity contribution in [3.63, 3.8) is 0 Å². The minimum absolute atomic E-state index is 0.192. The molecule has 0 heterocycles. The van der Waals surface area contributed by atoms with Crippen LogP contribution in [0.5, 0.6) is 11.5 Å². The van der Waals surface area contributed by atoms with Crippen LogP contribution < -0.4 is 11.1 Å². The molecule has 0 unspecified atom stereocenters. The van der Waals surface area contributed by atoms with Crippen molar-refractivity contribution < 1.29 is 15.0 Å². The average Bonchev–Trinajstić information content (AvgIpc) is 2.34. The average molecular weight is 250 g/mol. The molecule has 0 fully saturated rings. The highest BCUT2D eigenvalue weighted by molar-refractivity contribution is 5.81. The largest absolute Gasteiger partial charge is 0.504 e. The first-order chi connectivity index (χ1) is 8.54. The van der Waals surface area contributed by atoms with Crippen LogP contribution in [0.15, 0.2) is 30.9 Å². The van der Waals surface area contributed by atoms with Gasteiger partial charge >= 0.3 is 0 Å². The number of amides is 1. The van der Waals surface area contributed by atoms with Crippen LogP contribution in [0.2, 0.25) is 0 Å². The molecule has 1 atom stereocenters. The second-order valence-electron chi connectivity index (χ2n) is 4.00. The summed E-state index contributed by atoms with van der Waals surface area (Å²) in [6, 6.07) is 3.70. The summed E-state index contributed by atoms with van der Waals surface area (Å²) in [4.78, 5) is 11.6. The molecule has 0 aliphatic rings. The van der Waals surface area contributed by atoms with E-state index in [9.17, 15) is 9.90 Å². The summed E-state index contributed by atoms with van der Waals surface area (Å²) in [5.74, 6) is -0.654. The quantitative estimate of drug-likeness (QED) is 0.339. The van der Waals surface area contributed by atoms with Crippen LogP contribution in [-0.2, 0) is 11.2 Å². The zero-order valence-corrected chi connectivity index (χ0v) is 10.1. The molecular formula is C13H18N2O3. The number of rotatable bonds is 6. The van der Waals surface area contributed by atoms with Gasteiger partial charge in [0, 0.05) is 6.54 Å². The van der Waals surface area contributed by atoms with Gasteiger partial charge in [0.2, 0.25) is 5.91 Å². The van der Waals surface area contributed by atoms with Gasteiger partial charge in [-0.25, -0.2) is 0 Å². The lowest BCUT2D eigenvalue weighted by atomic mass is 10.1. The lowest BCUT2D eigenvalue weighted by Gasteiger charge is -2.12. The molecule has 0 saturated heterocycles. The van der Waals surface area contributed by atoms with E-state index < -0.39 is 6.04 Å². The van der Waals surface area contributed by atoms with Gasteiger partial charge in [0.25, 0.3) is 0 Å². The van der Waals surface area contributed by atoms with E-state index in [1.807, 2.05) is 0 Å². The molecule has 0 aliphatic carbocycles. The van der Waals surface area contributed by atoms with E-state index in [1.54, 1.807) is 12.1 Å². The lowest BCUT2D eigenvalue weighted by Crippen LogP contribution is -2.42. The van der Waals surface area contributed by atoms with Crippen molar-refractivity contribution in [3.8, 4) is 11.5 Å².